The van der Waals surface area contributed by atoms with Crippen molar-refractivity contribution in [3.8, 4) is 5.75 Å². The van der Waals surface area contributed by atoms with E-state index in [0.29, 0.717) is 46.4 Å². The molecule has 1 aliphatic rings. The van der Waals surface area contributed by atoms with Crippen LogP contribution in [0.5, 0.6) is 5.75 Å². The van der Waals surface area contributed by atoms with Gasteiger partial charge < -0.3 is 19.5 Å². The van der Waals surface area contributed by atoms with Crippen LogP contribution in [0.1, 0.15) is 50.6 Å². The molecule has 2 amide bonds. The van der Waals surface area contributed by atoms with Crippen LogP contribution in [0.3, 0.4) is 0 Å². The fourth-order valence-corrected chi connectivity index (χ4v) is 3.85. The summed E-state index contributed by atoms with van der Waals surface area (Å²) in [6.45, 7) is 5.40. The first-order valence-electron chi connectivity index (χ1n) is 10.5. The minimum absolute atomic E-state index is 0.128. The number of nitrogens with one attached hydrogen (secondary N) is 1. The first kappa shape index (κ1) is 21.9. The zero-order chi connectivity index (χ0) is 22.7. The highest BCUT2D eigenvalue weighted by Crippen LogP contribution is 2.25. The van der Waals surface area contributed by atoms with Crippen molar-refractivity contribution in [1.29, 1.82) is 0 Å². The van der Waals surface area contributed by atoms with Crippen LogP contribution in [0.4, 0.5) is 5.69 Å². The molecule has 1 aliphatic heterocycles. The molecule has 1 saturated heterocycles. The Bertz CT molecular complexity index is 1130. The summed E-state index contributed by atoms with van der Waals surface area (Å²) in [4.78, 5) is 27.6. The van der Waals surface area contributed by atoms with E-state index in [1.54, 1.807) is 47.4 Å². The highest BCUT2D eigenvalue weighted by Gasteiger charge is 2.23. The van der Waals surface area contributed by atoms with Gasteiger partial charge in [0.05, 0.1) is 22.5 Å². The van der Waals surface area contributed by atoms with Crippen molar-refractivity contribution in [2.45, 2.75) is 33.3 Å². The Morgan fingerprint density at radius 1 is 1.16 bits per heavy atom. The lowest BCUT2D eigenvalue weighted by atomic mass is 10.1. The van der Waals surface area contributed by atoms with Gasteiger partial charge in [-0.2, -0.15) is 0 Å². The molecule has 0 radical (unpaired) electrons. The number of carbonyl (C=O) groups is 2. The van der Waals surface area contributed by atoms with Gasteiger partial charge in [0.15, 0.2) is 0 Å². The van der Waals surface area contributed by atoms with Crippen molar-refractivity contribution in [1.82, 2.24) is 10.1 Å². The predicted molar refractivity (Wildman–Crippen MR) is 121 cm³/mol. The van der Waals surface area contributed by atoms with Gasteiger partial charge in [0.25, 0.3) is 11.8 Å². The second kappa shape index (κ2) is 9.44. The number of hydrogen-bond donors (Lipinski definition) is 1. The molecule has 166 valence electrons. The number of nitrogens with zero attached hydrogens (tertiary/aromatic N) is 2. The number of ether oxygens (including phenoxy) is 1. The number of carbonyl (C=O) groups excluding carboxylic acids is 2. The molecule has 0 bridgehead atoms. The third-order valence-corrected chi connectivity index (χ3v) is 5.75. The lowest BCUT2D eigenvalue weighted by Crippen LogP contribution is -2.28. The van der Waals surface area contributed by atoms with Crippen molar-refractivity contribution >= 4 is 29.1 Å². The molecule has 2 heterocycles. The van der Waals surface area contributed by atoms with Crippen LogP contribution in [-0.4, -0.2) is 35.0 Å². The summed E-state index contributed by atoms with van der Waals surface area (Å²) in [6.07, 6.45) is 1.96. The van der Waals surface area contributed by atoms with Gasteiger partial charge in [-0.15, -0.1) is 0 Å². The second-order valence-corrected chi connectivity index (χ2v) is 8.20. The number of amides is 2. The Hall–Kier alpha value is -3.32. The Balaban J connectivity index is 1.50. The lowest BCUT2D eigenvalue weighted by molar-refractivity contribution is 0.0794. The quantitative estimate of drug-likeness (QED) is 0.567. The fraction of sp³-hybridized carbons (Fsp3) is 0.292. The minimum atomic E-state index is -0.342. The molecule has 3 aromatic rings. The number of likely N-dealkylation sites (tertiary alicyclic amines) is 1. The first-order chi connectivity index (χ1) is 15.4. The molecule has 7 nitrogen and oxygen atoms in total. The molecular formula is C24H24ClN3O4. The molecule has 1 N–H and O–H groups in total. The highest BCUT2D eigenvalue weighted by atomic mass is 35.5. The molecule has 8 heteroatoms. The van der Waals surface area contributed by atoms with E-state index in [9.17, 15) is 9.59 Å². The zero-order valence-corrected chi connectivity index (χ0v) is 18.7. The van der Waals surface area contributed by atoms with Crippen LogP contribution < -0.4 is 10.1 Å². The number of aromatic nitrogens is 1. The smallest absolute Gasteiger partial charge is 0.256 e. The van der Waals surface area contributed by atoms with Crippen LogP contribution >= 0.6 is 11.6 Å². The molecule has 1 aromatic heterocycles. The van der Waals surface area contributed by atoms with E-state index in [2.05, 4.69) is 10.5 Å². The average Bonchev–Trinajstić information content (AvgIpc) is 3.43. The van der Waals surface area contributed by atoms with Gasteiger partial charge in [-0.05, 0) is 63.1 Å². The van der Waals surface area contributed by atoms with Crippen LogP contribution in [0.25, 0.3) is 0 Å². The summed E-state index contributed by atoms with van der Waals surface area (Å²) < 4.78 is 11.0. The lowest BCUT2D eigenvalue weighted by Gasteiger charge is -2.18. The van der Waals surface area contributed by atoms with Crippen LogP contribution in [0.2, 0.25) is 5.02 Å². The van der Waals surface area contributed by atoms with Crippen LogP contribution in [0.15, 0.2) is 47.0 Å². The minimum Gasteiger partial charge on any atom is -0.489 e. The van der Waals surface area contributed by atoms with Gasteiger partial charge >= 0.3 is 0 Å². The molecule has 0 atom stereocenters. The van der Waals surface area contributed by atoms with Gasteiger partial charge in [0.1, 0.15) is 18.1 Å². The molecule has 0 saturated carbocycles. The van der Waals surface area contributed by atoms with Gasteiger partial charge in [-0.1, -0.05) is 22.8 Å². The number of hydrogen-bond acceptors (Lipinski definition) is 5. The standard InChI is InChI=1S/C24H24ClN3O4/c1-15-21(16(2)32-27-15)14-31-19-7-5-6-17(12-19)23(29)26-22-9-8-18(25)13-20(22)24(30)28-10-3-4-11-28/h5-9,12-13H,3-4,10-11,14H2,1-2H3,(H,26,29). The maximum Gasteiger partial charge on any atom is 0.256 e. The van der Waals surface area contributed by atoms with E-state index in [1.807, 2.05) is 13.8 Å². The maximum absolute atomic E-state index is 12.9. The number of rotatable bonds is 6. The third kappa shape index (κ3) is 4.78. The van der Waals surface area contributed by atoms with Crippen molar-refractivity contribution in [3.63, 3.8) is 0 Å². The van der Waals surface area contributed by atoms with Crippen molar-refractivity contribution < 1.29 is 18.8 Å². The van der Waals surface area contributed by atoms with Gasteiger partial charge in [0, 0.05) is 23.7 Å². The number of anilines is 1. The topological polar surface area (TPSA) is 84.7 Å². The third-order valence-electron chi connectivity index (χ3n) is 5.51. The van der Waals surface area contributed by atoms with Gasteiger partial charge in [-0.25, -0.2) is 0 Å². The molecule has 0 aliphatic carbocycles. The molecule has 0 spiro atoms. The van der Waals surface area contributed by atoms with E-state index >= 15 is 0 Å². The van der Waals surface area contributed by atoms with Crippen molar-refractivity contribution in [2.24, 2.45) is 0 Å². The van der Waals surface area contributed by atoms with E-state index in [-0.39, 0.29) is 18.4 Å². The highest BCUT2D eigenvalue weighted by molar-refractivity contribution is 6.31. The van der Waals surface area contributed by atoms with Gasteiger partial charge in [-0.3, -0.25) is 9.59 Å². The Labute approximate surface area is 191 Å². The Kier molecular flexibility index (Phi) is 6.46. The largest absolute Gasteiger partial charge is 0.489 e. The number of benzene rings is 2. The van der Waals surface area contributed by atoms with Crippen LogP contribution in [-0.2, 0) is 6.61 Å². The van der Waals surface area contributed by atoms with E-state index in [1.165, 1.54) is 0 Å². The monoisotopic (exact) mass is 453 g/mol. The molecule has 4 rings (SSSR count). The SMILES string of the molecule is Cc1noc(C)c1COc1cccc(C(=O)Nc2ccc(Cl)cc2C(=O)N2CCCC2)c1. The first-order valence-corrected chi connectivity index (χ1v) is 10.8. The summed E-state index contributed by atoms with van der Waals surface area (Å²) in [6, 6.07) is 11.8. The van der Waals surface area contributed by atoms with Crippen LogP contribution in [0, 0.1) is 13.8 Å². The number of halogens is 1. The average molecular weight is 454 g/mol. The Morgan fingerprint density at radius 2 is 1.94 bits per heavy atom. The fourth-order valence-electron chi connectivity index (χ4n) is 3.68. The van der Waals surface area contributed by atoms with E-state index < -0.39 is 0 Å². The summed E-state index contributed by atoms with van der Waals surface area (Å²) in [5.41, 5.74) is 2.88. The second-order valence-electron chi connectivity index (χ2n) is 7.76. The Morgan fingerprint density at radius 3 is 2.66 bits per heavy atom. The van der Waals surface area contributed by atoms with Gasteiger partial charge in [0.2, 0.25) is 0 Å². The van der Waals surface area contributed by atoms with E-state index in [0.717, 1.165) is 24.1 Å². The molecule has 32 heavy (non-hydrogen) atoms. The van der Waals surface area contributed by atoms with Crippen molar-refractivity contribution in [3.05, 3.63) is 75.6 Å². The molecule has 2 aromatic carbocycles. The van der Waals surface area contributed by atoms with E-state index in [4.69, 9.17) is 20.9 Å². The summed E-state index contributed by atoms with van der Waals surface area (Å²) in [5, 5.41) is 7.21. The molecule has 1 fully saturated rings. The van der Waals surface area contributed by atoms with Crippen molar-refractivity contribution in [2.75, 3.05) is 18.4 Å². The molecular weight excluding hydrogens is 430 g/mol. The molecule has 0 unspecified atom stereocenters. The number of aryl methyl sites for hydroxylation is 2. The normalized spacial score (nSPS) is 13.3. The summed E-state index contributed by atoms with van der Waals surface area (Å²) >= 11 is 6.13. The zero-order valence-electron chi connectivity index (χ0n) is 18.0. The summed E-state index contributed by atoms with van der Waals surface area (Å²) in [5.74, 6) is 0.777. The predicted octanol–water partition coefficient (Wildman–Crippen LogP) is 5.01. The maximum atomic E-state index is 12.9. The summed E-state index contributed by atoms with van der Waals surface area (Å²) in [7, 11) is 0.